The molecule has 0 amide bonds. The van der Waals surface area contributed by atoms with Crippen molar-refractivity contribution < 1.29 is 13.9 Å². The Kier molecular flexibility index (Phi) is 10.3. The molecule has 0 aliphatic heterocycles. The fraction of sp³-hybridized carbons (Fsp3) is 0.194. The average molecular weight is 635 g/mol. The number of ether oxygens (including phenoxy) is 2. The number of rotatable bonds is 13. The van der Waals surface area contributed by atoms with E-state index >= 15 is 0 Å². The third-order valence-corrected chi connectivity index (χ3v) is 8.44. The molecule has 0 radical (unpaired) electrons. The lowest BCUT2D eigenvalue weighted by Gasteiger charge is -2.36. The van der Waals surface area contributed by atoms with Gasteiger partial charge in [-0.3, -0.25) is 9.99 Å². The minimum absolute atomic E-state index is 0.317. The molecule has 0 saturated heterocycles. The van der Waals surface area contributed by atoms with Gasteiger partial charge in [0.1, 0.15) is 34.3 Å². The van der Waals surface area contributed by atoms with Crippen LogP contribution in [0.3, 0.4) is 0 Å². The van der Waals surface area contributed by atoms with Crippen LogP contribution in [0.1, 0.15) is 30.7 Å². The van der Waals surface area contributed by atoms with E-state index in [9.17, 15) is 0 Å². The fourth-order valence-electron chi connectivity index (χ4n) is 5.24. The van der Waals surface area contributed by atoms with Crippen LogP contribution in [0, 0.1) is 6.92 Å². The summed E-state index contributed by atoms with van der Waals surface area (Å²) in [6, 6.07) is 29.8. The van der Waals surface area contributed by atoms with E-state index in [1.54, 1.807) is 14.2 Å². The molecule has 0 atom stereocenters. The van der Waals surface area contributed by atoms with Gasteiger partial charge in [-0.05, 0) is 61.7 Å². The second kappa shape index (κ2) is 14.7. The third-order valence-electron chi connectivity index (χ3n) is 7.48. The van der Waals surface area contributed by atoms with E-state index in [4.69, 9.17) is 24.7 Å². The van der Waals surface area contributed by atoms with Crippen molar-refractivity contribution in [3.05, 3.63) is 132 Å². The Labute approximate surface area is 273 Å². The molecule has 3 aromatic carbocycles. The van der Waals surface area contributed by atoms with Crippen molar-refractivity contribution in [1.82, 2.24) is 20.2 Å². The van der Waals surface area contributed by atoms with Gasteiger partial charge in [-0.2, -0.15) is 5.10 Å². The Bertz CT molecular complexity index is 1780. The first-order valence-corrected chi connectivity index (χ1v) is 15.8. The van der Waals surface area contributed by atoms with Gasteiger partial charge in [-0.1, -0.05) is 96.7 Å². The van der Waals surface area contributed by atoms with Crippen LogP contribution in [-0.2, 0) is 5.54 Å². The minimum Gasteiger partial charge on any atom is -0.494 e. The number of thioether (sulfide) groups is 1. The lowest BCUT2D eigenvalue weighted by Crippen LogP contribution is -2.43. The monoisotopic (exact) mass is 634 g/mol. The van der Waals surface area contributed by atoms with Crippen molar-refractivity contribution in [3.63, 3.8) is 0 Å². The average Bonchev–Trinajstić information content (AvgIpc) is 3.72. The zero-order valence-corrected chi connectivity index (χ0v) is 27.4. The van der Waals surface area contributed by atoms with Crippen molar-refractivity contribution >= 4 is 17.6 Å². The predicted molar refractivity (Wildman–Crippen MR) is 185 cm³/mol. The van der Waals surface area contributed by atoms with Gasteiger partial charge in [0.15, 0.2) is 10.9 Å². The smallest absolute Gasteiger partial charge is 0.205 e. The maximum atomic E-state index is 6.62. The number of hydrazone groups is 1. The largest absolute Gasteiger partial charge is 0.494 e. The van der Waals surface area contributed by atoms with Crippen LogP contribution in [0.5, 0.6) is 11.5 Å². The van der Waals surface area contributed by atoms with Crippen LogP contribution in [0.15, 0.2) is 129 Å². The van der Waals surface area contributed by atoms with Crippen LogP contribution < -0.4 is 20.6 Å². The molecule has 0 spiro atoms. The van der Waals surface area contributed by atoms with E-state index in [1.165, 1.54) is 11.8 Å². The topological polar surface area (TPSA) is 113 Å². The summed E-state index contributed by atoms with van der Waals surface area (Å²) in [5.41, 5.74) is 13.1. The highest BCUT2D eigenvalue weighted by atomic mass is 32.2. The standard InChI is InChI=1S/C36H38N6O3S/c1-6-7-15-25(2)36(27-16-10-8-11-17-27,28-18-12-9-13-19-28)41-38-32(37)24-46-35-40-39-34(31-23-22-26(3)45-31)42(35)33-29(43-4)20-14-21-30(33)44-5/h6-23,41H,24H2,1-5H3,(H2,37,38)/b7-6-,25-15+. The first-order chi connectivity index (χ1) is 22.4. The maximum Gasteiger partial charge on any atom is 0.205 e. The number of aryl methyl sites for hydroxylation is 1. The van der Waals surface area contributed by atoms with Crippen LogP contribution in [0.25, 0.3) is 17.3 Å². The van der Waals surface area contributed by atoms with E-state index in [1.807, 2.05) is 97.3 Å². The number of para-hydroxylation sites is 1. The van der Waals surface area contributed by atoms with Crippen molar-refractivity contribution in [3.8, 4) is 28.8 Å². The highest BCUT2D eigenvalue weighted by Gasteiger charge is 2.36. The van der Waals surface area contributed by atoms with Crippen molar-refractivity contribution in [1.29, 1.82) is 0 Å². The number of furan rings is 1. The van der Waals surface area contributed by atoms with E-state index in [2.05, 4.69) is 52.9 Å². The zero-order valence-electron chi connectivity index (χ0n) is 26.6. The number of amidine groups is 1. The molecule has 3 N–H and O–H groups in total. The van der Waals surface area contributed by atoms with Gasteiger partial charge in [0, 0.05) is 0 Å². The number of nitrogens with two attached hydrogens (primary N) is 1. The Balaban J connectivity index is 1.53. The van der Waals surface area contributed by atoms with Gasteiger partial charge >= 0.3 is 0 Å². The molecule has 5 rings (SSSR count). The second-order valence-electron chi connectivity index (χ2n) is 10.4. The molecule has 0 fully saturated rings. The predicted octanol–water partition coefficient (Wildman–Crippen LogP) is 7.27. The molecule has 2 aromatic heterocycles. The summed E-state index contributed by atoms with van der Waals surface area (Å²) in [7, 11) is 3.22. The van der Waals surface area contributed by atoms with Crippen LogP contribution in [0.2, 0.25) is 0 Å². The van der Waals surface area contributed by atoms with Crippen molar-refractivity contribution in [2.24, 2.45) is 10.8 Å². The van der Waals surface area contributed by atoms with Crippen LogP contribution in [-0.4, -0.2) is 40.6 Å². The summed E-state index contributed by atoms with van der Waals surface area (Å²) in [6.45, 7) is 5.97. The van der Waals surface area contributed by atoms with Gasteiger partial charge < -0.3 is 19.6 Å². The maximum absolute atomic E-state index is 6.62. The number of nitrogens with zero attached hydrogens (tertiary/aromatic N) is 4. The fourth-order valence-corrected chi connectivity index (χ4v) is 5.99. The lowest BCUT2D eigenvalue weighted by atomic mass is 9.77. The molecule has 0 aliphatic rings. The van der Waals surface area contributed by atoms with Gasteiger partial charge in [0.2, 0.25) is 5.82 Å². The molecule has 46 heavy (non-hydrogen) atoms. The minimum atomic E-state index is -0.771. The van der Waals surface area contributed by atoms with Crippen LogP contribution in [0.4, 0.5) is 0 Å². The first-order valence-electron chi connectivity index (χ1n) is 14.8. The molecule has 9 nitrogen and oxygen atoms in total. The number of aromatic nitrogens is 3. The summed E-state index contributed by atoms with van der Waals surface area (Å²) in [6.07, 6.45) is 6.12. The van der Waals surface area contributed by atoms with Crippen molar-refractivity contribution in [2.45, 2.75) is 31.5 Å². The van der Waals surface area contributed by atoms with Crippen molar-refractivity contribution in [2.75, 3.05) is 20.0 Å². The summed E-state index contributed by atoms with van der Waals surface area (Å²) in [5, 5.41) is 14.3. The van der Waals surface area contributed by atoms with E-state index < -0.39 is 5.54 Å². The number of nitrogens with one attached hydrogen (secondary N) is 1. The molecule has 0 bridgehead atoms. The Morgan fingerprint density at radius 1 is 0.935 bits per heavy atom. The lowest BCUT2D eigenvalue weighted by molar-refractivity contribution is 0.390. The second-order valence-corrected chi connectivity index (χ2v) is 11.4. The normalized spacial score (nSPS) is 12.5. The summed E-state index contributed by atoms with van der Waals surface area (Å²) >= 11 is 1.39. The molecule has 236 valence electrons. The first kappa shape index (κ1) is 32.2. The van der Waals surface area contributed by atoms with E-state index in [0.717, 1.165) is 22.5 Å². The van der Waals surface area contributed by atoms with E-state index in [-0.39, 0.29) is 0 Å². The summed E-state index contributed by atoms with van der Waals surface area (Å²) in [4.78, 5) is 0. The molecule has 0 saturated carbocycles. The highest BCUT2D eigenvalue weighted by molar-refractivity contribution is 7.99. The number of allylic oxidation sites excluding steroid dienone is 3. The molecular formula is C36H38N6O3S. The molecule has 0 aliphatic carbocycles. The highest BCUT2D eigenvalue weighted by Crippen LogP contribution is 2.39. The Morgan fingerprint density at radius 2 is 1.57 bits per heavy atom. The SMILES string of the molecule is C/C=C\C=C(/C)C(N/N=C(\N)CSc1nnc(-c2ccc(C)o2)n1-c1c(OC)cccc1OC)(c1ccccc1)c1ccccc1. The molecule has 0 unspecified atom stereocenters. The number of benzene rings is 3. The van der Waals surface area contributed by atoms with Gasteiger partial charge in [0.25, 0.3) is 0 Å². The molecular weight excluding hydrogens is 597 g/mol. The van der Waals surface area contributed by atoms with Gasteiger partial charge in [-0.15, -0.1) is 10.2 Å². The number of hydrogen-bond donors (Lipinski definition) is 2. The Morgan fingerprint density at radius 3 is 2.11 bits per heavy atom. The van der Waals surface area contributed by atoms with Gasteiger partial charge in [-0.25, -0.2) is 0 Å². The summed E-state index contributed by atoms with van der Waals surface area (Å²) < 4.78 is 19.3. The van der Waals surface area contributed by atoms with Gasteiger partial charge in [0.05, 0.1) is 20.0 Å². The molecule has 10 heteroatoms. The quantitative estimate of drug-likeness (QED) is 0.0457. The number of hydrogen-bond acceptors (Lipinski definition) is 8. The summed E-state index contributed by atoms with van der Waals surface area (Å²) in [5.74, 6) is 3.69. The zero-order chi connectivity index (χ0) is 32.5. The molecule has 5 aromatic rings. The third kappa shape index (κ3) is 6.57. The Hall–Kier alpha value is -5.22. The van der Waals surface area contributed by atoms with Crippen LogP contribution >= 0.6 is 11.8 Å². The van der Waals surface area contributed by atoms with E-state index in [0.29, 0.717) is 45.5 Å². The number of methoxy groups -OCH3 is 2. The molecule has 2 heterocycles.